The second-order valence-electron chi connectivity index (χ2n) is 6.56. The van der Waals surface area contributed by atoms with Crippen molar-refractivity contribution in [1.29, 1.82) is 0 Å². The van der Waals surface area contributed by atoms with Crippen molar-refractivity contribution in [3.05, 3.63) is 51.7 Å². The summed E-state index contributed by atoms with van der Waals surface area (Å²) in [7, 11) is 0. The molecule has 25 heavy (non-hydrogen) atoms. The lowest BCUT2D eigenvalue weighted by Crippen LogP contribution is -2.42. The average Bonchev–Trinajstić information content (AvgIpc) is 3.13. The average molecular weight is 378 g/mol. The first-order chi connectivity index (χ1) is 12.1. The van der Waals surface area contributed by atoms with Crippen molar-refractivity contribution in [2.24, 2.45) is 5.92 Å². The van der Waals surface area contributed by atoms with Crippen LogP contribution < -0.4 is 10.6 Å². The number of piperidine rings is 1. The predicted octanol–water partition coefficient (Wildman–Crippen LogP) is 5.00. The Hall–Kier alpha value is -1.56. The van der Waals surface area contributed by atoms with Crippen molar-refractivity contribution in [3.63, 3.8) is 0 Å². The van der Waals surface area contributed by atoms with Gasteiger partial charge >= 0.3 is 6.03 Å². The van der Waals surface area contributed by atoms with E-state index in [-0.39, 0.29) is 12.1 Å². The molecule has 2 amide bonds. The Morgan fingerprint density at radius 3 is 2.72 bits per heavy atom. The minimum Gasteiger partial charge on any atom is -0.336 e. The monoisotopic (exact) mass is 377 g/mol. The van der Waals surface area contributed by atoms with Gasteiger partial charge in [0.1, 0.15) is 0 Å². The first-order valence-electron chi connectivity index (χ1n) is 8.70. The van der Waals surface area contributed by atoms with E-state index in [1.54, 1.807) is 23.5 Å². The molecule has 2 aromatic rings. The van der Waals surface area contributed by atoms with E-state index >= 15 is 0 Å². The van der Waals surface area contributed by atoms with Crippen LogP contribution >= 0.6 is 22.9 Å². The Bertz CT molecular complexity index is 684. The summed E-state index contributed by atoms with van der Waals surface area (Å²) in [6.07, 6.45) is 2.43. The fraction of sp³-hybridized carbons (Fsp3) is 0.421. The van der Waals surface area contributed by atoms with Crippen LogP contribution in [0.15, 0.2) is 41.8 Å². The number of carbonyl (C=O) groups is 1. The maximum absolute atomic E-state index is 12.3. The lowest BCUT2D eigenvalue weighted by Gasteiger charge is -2.36. The second-order valence-corrected chi connectivity index (χ2v) is 7.95. The Balaban J connectivity index is 1.61. The van der Waals surface area contributed by atoms with E-state index in [4.69, 9.17) is 11.6 Å². The summed E-state index contributed by atoms with van der Waals surface area (Å²) in [6, 6.07) is 11.5. The van der Waals surface area contributed by atoms with Crippen molar-refractivity contribution < 1.29 is 4.79 Å². The van der Waals surface area contributed by atoms with Gasteiger partial charge in [0, 0.05) is 11.4 Å². The van der Waals surface area contributed by atoms with Crippen molar-refractivity contribution in [1.82, 2.24) is 10.2 Å². The number of halogens is 1. The Kier molecular flexibility index (Phi) is 6.34. The molecule has 1 aliphatic heterocycles. The first-order valence-corrected chi connectivity index (χ1v) is 9.96. The molecule has 1 aromatic carbocycles. The highest BCUT2D eigenvalue weighted by atomic mass is 35.5. The van der Waals surface area contributed by atoms with Crippen molar-refractivity contribution in [2.75, 3.05) is 25.0 Å². The van der Waals surface area contributed by atoms with Crippen LogP contribution in [0.4, 0.5) is 10.5 Å². The normalized spacial score (nSPS) is 17.2. The van der Waals surface area contributed by atoms with Crippen LogP contribution in [0, 0.1) is 5.92 Å². The molecule has 1 aromatic heterocycles. The van der Waals surface area contributed by atoms with Gasteiger partial charge in [-0.1, -0.05) is 36.7 Å². The number of hydrogen-bond donors (Lipinski definition) is 2. The SMILES string of the molecule is CC1CCN(C(CNC(=O)Nc2ccccc2Cl)c2cccs2)CC1. The van der Waals surface area contributed by atoms with Gasteiger partial charge in [-0.2, -0.15) is 0 Å². The van der Waals surface area contributed by atoms with Gasteiger partial charge in [-0.15, -0.1) is 11.3 Å². The van der Waals surface area contributed by atoms with Crippen LogP contribution in [0.3, 0.4) is 0 Å². The van der Waals surface area contributed by atoms with Gasteiger partial charge in [-0.25, -0.2) is 4.79 Å². The number of rotatable bonds is 5. The molecular formula is C19H24ClN3OS. The molecule has 3 rings (SSSR count). The van der Waals surface area contributed by atoms with Gasteiger partial charge < -0.3 is 10.6 Å². The highest BCUT2D eigenvalue weighted by Gasteiger charge is 2.25. The molecule has 1 fully saturated rings. The molecule has 0 saturated carbocycles. The van der Waals surface area contributed by atoms with Crippen LogP contribution in [0.5, 0.6) is 0 Å². The van der Waals surface area contributed by atoms with Gasteiger partial charge in [0.2, 0.25) is 0 Å². The Morgan fingerprint density at radius 1 is 1.28 bits per heavy atom. The number of nitrogens with one attached hydrogen (secondary N) is 2. The fourth-order valence-electron chi connectivity index (χ4n) is 3.15. The third kappa shape index (κ3) is 4.97. The van der Waals surface area contributed by atoms with Crippen LogP contribution in [0.1, 0.15) is 30.7 Å². The minimum atomic E-state index is -0.222. The summed E-state index contributed by atoms with van der Waals surface area (Å²) >= 11 is 7.85. The largest absolute Gasteiger partial charge is 0.336 e. The molecule has 4 nitrogen and oxygen atoms in total. The predicted molar refractivity (Wildman–Crippen MR) is 106 cm³/mol. The number of para-hydroxylation sites is 1. The van der Waals surface area contributed by atoms with E-state index < -0.39 is 0 Å². The van der Waals surface area contributed by atoms with Crippen LogP contribution in [-0.2, 0) is 0 Å². The summed E-state index contributed by atoms with van der Waals surface area (Å²) < 4.78 is 0. The zero-order valence-corrected chi connectivity index (χ0v) is 15.9. The molecule has 134 valence electrons. The summed E-state index contributed by atoms with van der Waals surface area (Å²) in [5, 5.41) is 8.47. The molecular weight excluding hydrogens is 354 g/mol. The molecule has 0 spiro atoms. The van der Waals surface area contributed by atoms with E-state index in [2.05, 4.69) is 40.0 Å². The molecule has 0 aliphatic carbocycles. The lowest BCUT2D eigenvalue weighted by atomic mass is 9.97. The second kappa shape index (κ2) is 8.70. The molecule has 1 aliphatic rings. The van der Waals surface area contributed by atoms with Gasteiger partial charge in [-0.3, -0.25) is 4.90 Å². The quantitative estimate of drug-likeness (QED) is 0.770. The maximum Gasteiger partial charge on any atom is 0.319 e. The number of benzene rings is 1. The third-order valence-electron chi connectivity index (χ3n) is 4.71. The van der Waals surface area contributed by atoms with E-state index in [0.717, 1.165) is 19.0 Å². The Morgan fingerprint density at radius 2 is 2.04 bits per heavy atom. The summed E-state index contributed by atoms with van der Waals surface area (Å²) in [5.41, 5.74) is 0.626. The molecule has 1 unspecified atom stereocenters. The molecule has 1 saturated heterocycles. The number of urea groups is 1. The summed E-state index contributed by atoms with van der Waals surface area (Å²) in [5.74, 6) is 0.789. The van der Waals surface area contributed by atoms with Crippen molar-refractivity contribution in [2.45, 2.75) is 25.8 Å². The standard InChI is InChI=1S/C19H24ClN3OS/c1-14-8-10-23(11-9-14)17(18-7-4-12-25-18)13-21-19(24)22-16-6-3-2-5-15(16)20/h2-7,12,14,17H,8-11,13H2,1H3,(H2,21,22,24). The smallest absolute Gasteiger partial charge is 0.319 e. The van der Waals surface area contributed by atoms with E-state index in [0.29, 0.717) is 17.3 Å². The number of anilines is 1. The number of nitrogens with zero attached hydrogens (tertiary/aromatic N) is 1. The van der Waals surface area contributed by atoms with Crippen LogP contribution in [0.2, 0.25) is 5.02 Å². The van der Waals surface area contributed by atoms with Crippen molar-refractivity contribution >= 4 is 34.7 Å². The number of amides is 2. The maximum atomic E-state index is 12.3. The zero-order valence-electron chi connectivity index (χ0n) is 14.4. The number of carbonyl (C=O) groups excluding carboxylic acids is 1. The number of thiophene rings is 1. The van der Waals surface area contributed by atoms with E-state index in [1.165, 1.54) is 17.7 Å². The molecule has 0 bridgehead atoms. The third-order valence-corrected chi connectivity index (χ3v) is 6.01. The molecule has 2 heterocycles. The number of hydrogen-bond acceptors (Lipinski definition) is 3. The molecule has 2 N–H and O–H groups in total. The molecule has 1 atom stereocenters. The van der Waals surface area contributed by atoms with Crippen LogP contribution in [0.25, 0.3) is 0 Å². The zero-order chi connectivity index (χ0) is 17.6. The van der Waals surface area contributed by atoms with Gasteiger partial charge in [0.25, 0.3) is 0 Å². The summed E-state index contributed by atoms with van der Waals surface area (Å²) in [6.45, 7) is 5.06. The Labute approximate surface area is 158 Å². The van der Waals surface area contributed by atoms with Gasteiger partial charge in [-0.05, 0) is 55.4 Å². The number of likely N-dealkylation sites (tertiary alicyclic amines) is 1. The highest BCUT2D eigenvalue weighted by Crippen LogP contribution is 2.29. The van der Waals surface area contributed by atoms with E-state index in [1.807, 2.05) is 12.1 Å². The minimum absolute atomic E-state index is 0.222. The van der Waals surface area contributed by atoms with Crippen molar-refractivity contribution in [3.8, 4) is 0 Å². The molecule has 0 radical (unpaired) electrons. The molecule has 6 heteroatoms. The summed E-state index contributed by atoms with van der Waals surface area (Å²) in [4.78, 5) is 16.1. The van der Waals surface area contributed by atoms with Crippen LogP contribution in [-0.4, -0.2) is 30.6 Å². The topological polar surface area (TPSA) is 44.4 Å². The highest BCUT2D eigenvalue weighted by molar-refractivity contribution is 7.10. The first kappa shape index (κ1) is 18.2. The van der Waals surface area contributed by atoms with Gasteiger partial charge in [0.15, 0.2) is 0 Å². The van der Waals surface area contributed by atoms with E-state index in [9.17, 15) is 4.79 Å². The lowest BCUT2D eigenvalue weighted by molar-refractivity contribution is 0.138. The van der Waals surface area contributed by atoms with Gasteiger partial charge in [0.05, 0.1) is 16.8 Å². The fourth-order valence-corrected chi connectivity index (χ4v) is 4.19.